The number of amides is 1. The highest BCUT2D eigenvalue weighted by molar-refractivity contribution is 6.37. The summed E-state index contributed by atoms with van der Waals surface area (Å²) in [5.74, 6) is 0.804. The van der Waals surface area contributed by atoms with E-state index >= 15 is 0 Å². The predicted molar refractivity (Wildman–Crippen MR) is 135 cm³/mol. The zero-order valence-electron chi connectivity index (χ0n) is 18.6. The first-order valence-corrected chi connectivity index (χ1v) is 11.2. The van der Waals surface area contributed by atoms with Gasteiger partial charge in [0.1, 0.15) is 5.75 Å². The summed E-state index contributed by atoms with van der Waals surface area (Å²) in [6.45, 7) is 2.02. The number of hydrogen-bond acceptors (Lipinski definition) is 5. The first-order valence-electron chi connectivity index (χ1n) is 10.4. The van der Waals surface area contributed by atoms with Gasteiger partial charge in [-0.25, -0.2) is 0 Å². The van der Waals surface area contributed by atoms with E-state index in [1.165, 1.54) is 19.3 Å². The summed E-state index contributed by atoms with van der Waals surface area (Å²) in [6.07, 6.45) is 3.06. The van der Waals surface area contributed by atoms with Crippen LogP contribution in [0.15, 0.2) is 66.7 Å². The summed E-state index contributed by atoms with van der Waals surface area (Å²) in [4.78, 5) is 24.8. The molecule has 0 aliphatic heterocycles. The molecule has 0 saturated carbocycles. The Labute approximate surface area is 208 Å². The molecule has 0 aromatic heterocycles. The number of allylic oxidation sites excluding steroid dienone is 1. The van der Waals surface area contributed by atoms with Crippen LogP contribution in [-0.4, -0.2) is 32.0 Å². The lowest BCUT2D eigenvalue weighted by molar-refractivity contribution is -0.118. The summed E-state index contributed by atoms with van der Waals surface area (Å²) < 4.78 is 16.6. The molecular weight excluding hydrogens is 477 g/mol. The Balaban J connectivity index is 1.68. The van der Waals surface area contributed by atoms with Crippen molar-refractivity contribution >= 4 is 46.7 Å². The highest BCUT2D eigenvalue weighted by atomic mass is 35.5. The van der Waals surface area contributed by atoms with E-state index in [2.05, 4.69) is 5.32 Å². The molecule has 6 nitrogen and oxygen atoms in total. The number of halogens is 2. The monoisotopic (exact) mass is 499 g/mol. The van der Waals surface area contributed by atoms with Crippen LogP contribution in [0.3, 0.4) is 0 Å². The first-order chi connectivity index (χ1) is 16.4. The minimum atomic E-state index is -0.346. The highest BCUT2D eigenvalue weighted by Crippen LogP contribution is 2.30. The number of para-hydroxylation sites is 2. The Morgan fingerprint density at radius 2 is 1.74 bits per heavy atom. The number of anilines is 1. The second-order valence-corrected chi connectivity index (χ2v) is 7.84. The van der Waals surface area contributed by atoms with E-state index in [9.17, 15) is 9.59 Å². The third kappa shape index (κ3) is 6.76. The van der Waals surface area contributed by atoms with Gasteiger partial charge in [-0.15, -0.1) is 0 Å². The van der Waals surface area contributed by atoms with Gasteiger partial charge in [-0.2, -0.15) is 0 Å². The molecule has 0 fully saturated rings. The number of nitrogens with one attached hydrogen (secondary N) is 1. The molecule has 8 heteroatoms. The fraction of sp³-hybridized carbons (Fsp3) is 0.154. The quantitative estimate of drug-likeness (QED) is 0.261. The van der Waals surface area contributed by atoms with Crippen molar-refractivity contribution in [3.8, 4) is 17.2 Å². The van der Waals surface area contributed by atoms with Gasteiger partial charge < -0.3 is 19.5 Å². The predicted octanol–water partition coefficient (Wildman–Crippen LogP) is 6.31. The zero-order chi connectivity index (χ0) is 24.5. The van der Waals surface area contributed by atoms with Gasteiger partial charge in [-0.05, 0) is 61.0 Å². The maximum absolute atomic E-state index is 12.5. The Hall–Kier alpha value is -3.48. The van der Waals surface area contributed by atoms with Crippen LogP contribution in [0, 0.1) is 0 Å². The molecular formula is C26H23Cl2NO5. The van der Waals surface area contributed by atoms with Gasteiger partial charge in [-0.1, -0.05) is 47.5 Å². The van der Waals surface area contributed by atoms with Crippen LogP contribution in [0.4, 0.5) is 5.69 Å². The first kappa shape index (κ1) is 25.1. The summed E-state index contributed by atoms with van der Waals surface area (Å²) in [6, 6.07) is 17.0. The van der Waals surface area contributed by atoms with Gasteiger partial charge >= 0.3 is 0 Å². The average Bonchev–Trinajstić information content (AvgIpc) is 2.82. The van der Waals surface area contributed by atoms with Gasteiger partial charge in [0.05, 0.1) is 24.4 Å². The second kappa shape index (κ2) is 12.1. The van der Waals surface area contributed by atoms with E-state index < -0.39 is 0 Å². The molecule has 0 spiro atoms. The summed E-state index contributed by atoms with van der Waals surface area (Å²) in [5.41, 5.74) is 1.62. The molecule has 1 amide bonds. The van der Waals surface area contributed by atoms with Gasteiger partial charge in [0.15, 0.2) is 23.9 Å². The molecule has 0 saturated heterocycles. The van der Waals surface area contributed by atoms with Gasteiger partial charge in [0.25, 0.3) is 5.91 Å². The van der Waals surface area contributed by atoms with E-state index in [1.54, 1.807) is 54.6 Å². The average molecular weight is 500 g/mol. The molecule has 34 heavy (non-hydrogen) atoms. The fourth-order valence-electron chi connectivity index (χ4n) is 3.04. The molecule has 0 bridgehead atoms. The van der Waals surface area contributed by atoms with Crippen LogP contribution in [0.2, 0.25) is 10.0 Å². The van der Waals surface area contributed by atoms with E-state index in [0.717, 1.165) is 0 Å². The SMILES string of the molecule is CCOc1cc(/C=C/C(=O)c2ccc(Cl)cc2Cl)ccc1OCC(=O)Nc1ccccc1OC. The van der Waals surface area contributed by atoms with Crippen LogP contribution >= 0.6 is 23.2 Å². The van der Waals surface area contributed by atoms with Crippen molar-refractivity contribution in [1.82, 2.24) is 0 Å². The van der Waals surface area contributed by atoms with Gasteiger partial charge in [-0.3, -0.25) is 9.59 Å². The molecule has 0 unspecified atom stereocenters. The molecule has 1 N–H and O–H groups in total. The summed E-state index contributed by atoms with van der Waals surface area (Å²) >= 11 is 12.0. The van der Waals surface area contributed by atoms with Crippen molar-refractivity contribution in [2.45, 2.75) is 6.92 Å². The maximum Gasteiger partial charge on any atom is 0.262 e. The molecule has 0 radical (unpaired) electrons. The minimum absolute atomic E-state index is 0.221. The number of ether oxygens (including phenoxy) is 3. The lowest BCUT2D eigenvalue weighted by Crippen LogP contribution is -2.20. The zero-order valence-corrected chi connectivity index (χ0v) is 20.2. The number of methoxy groups -OCH3 is 1. The van der Waals surface area contributed by atoms with Crippen molar-refractivity contribution in [3.05, 3.63) is 87.9 Å². The Kier molecular flexibility index (Phi) is 8.96. The molecule has 0 aliphatic carbocycles. The third-order valence-electron chi connectivity index (χ3n) is 4.63. The van der Waals surface area contributed by atoms with Crippen LogP contribution in [0.1, 0.15) is 22.8 Å². The lowest BCUT2D eigenvalue weighted by Gasteiger charge is -2.13. The Bertz CT molecular complexity index is 1210. The van der Waals surface area contributed by atoms with Gasteiger partial charge in [0, 0.05) is 10.6 Å². The van der Waals surface area contributed by atoms with E-state index in [-0.39, 0.29) is 23.3 Å². The number of hydrogen-bond donors (Lipinski definition) is 1. The van der Waals surface area contributed by atoms with Crippen LogP contribution in [0.25, 0.3) is 6.08 Å². The minimum Gasteiger partial charge on any atom is -0.495 e. The van der Waals surface area contributed by atoms with Crippen molar-refractivity contribution in [2.75, 3.05) is 25.6 Å². The van der Waals surface area contributed by atoms with Gasteiger partial charge in [0.2, 0.25) is 0 Å². The van der Waals surface area contributed by atoms with Crippen molar-refractivity contribution < 1.29 is 23.8 Å². The molecule has 176 valence electrons. The van der Waals surface area contributed by atoms with Crippen LogP contribution in [-0.2, 0) is 4.79 Å². The van der Waals surface area contributed by atoms with Crippen molar-refractivity contribution in [2.24, 2.45) is 0 Å². The second-order valence-electron chi connectivity index (χ2n) is 7.00. The largest absolute Gasteiger partial charge is 0.495 e. The third-order valence-corrected chi connectivity index (χ3v) is 5.18. The molecule has 3 rings (SSSR count). The number of rotatable bonds is 10. The topological polar surface area (TPSA) is 73.9 Å². The molecule has 3 aromatic carbocycles. The molecule has 0 heterocycles. The molecule has 3 aromatic rings. The Morgan fingerprint density at radius 3 is 2.47 bits per heavy atom. The van der Waals surface area contributed by atoms with Crippen LogP contribution < -0.4 is 19.5 Å². The molecule has 0 aliphatic rings. The van der Waals surface area contributed by atoms with Crippen molar-refractivity contribution in [1.29, 1.82) is 0 Å². The molecule has 0 atom stereocenters. The summed E-state index contributed by atoms with van der Waals surface area (Å²) in [5, 5.41) is 3.50. The maximum atomic E-state index is 12.5. The number of benzene rings is 3. The number of carbonyl (C=O) groups is 2. The van der Waals surface area contributed by atoms with E-state index in [4.69, 9.17) is 37.4 Å². The smallest absolute Gasteiger partial charge is 0.262 e. The fourth-order valence-corrected chi connectivity index (χ4v) is 3.55. The normalized spacial score (nSPS) is 10.7. The number of carbonyl (C=O) groups excluding carboxylic acids is 2. The standard InChI is InChI=1S/C26H23Cl2NO5/c1-3-33-25-14-17(8-12-22(30)19-11-10-18(27)15-20(19)28)9-13-24(25)34-16-26(31)29-21-6-4-5-7-23(21)32-2/h4-15H,3,16H2,1-2H3,(H,29,31)/b12-8+. The van der Waals surface area contributed by atoms with E-state index in [0.29, 0.717) is 45.7 Å². The number of ketones is 1. The highest BCUT2D eigenvalue weighted by Gasteiger charge is 2.12. The lowest BCUT2D eigenvalue weighted by atomic mass is 10.1. The Morgan fingerprint density at radius 1 is 0.941 bits per heavy atom. The van der Waals surface area contributed by atoms with Crippen molar-refractivity contribution in [3.63, 3.8) is 0 Å². The van der Waals surface area contributed by atoms with E-state index in [1.807, 2.05) is 13.0 Å². The summed E-state index contributed by atoms with van der Waals surface area (Å²) in [7, 11) is 1.53. The van der Waals surface area contributed by atoms with Crippen LogP contribution in [0.5, 0.6) is 17.2 Å².